The molecule has 0 aliphatic carbocycles. The molecule has 5 nitrogen and oxygen atoms in total. The molecular weight excluding hydrogens is 266 g/mol. The van der Waals surface area contributed by atoms with Crippen molar-refractivity contribution in [1.82, 2.24) is 9.78 Å². The molecule has 19 heavy (non-hydrogen) atoms. The fourth-order valence-electron chi connectivity index (χ4n) is 1.62. The summed E-state index contributed by atoms with van der Waals surface area (Å²) in [6.45, 7) is 3.57. The third-order valence-electron chi connectivity index (χ3n) is 2.47. The second-order valence-corrected chi connectivity index (χ2v) is 4.26. The summed E-state index contributed by atoms with van der Waals surface area (Å²) in [6, 6.07) is 7.56. The number of nitrogens with two attached hydrogens (primary N) is 1. The summed E-state index contributed by atoms with van der Waals surface area (Å²) in [6.07, 6.45) is 1.68. The zero-order chi connectivity index (χ0) is 13.7. The van der Waals surface area contributed by atoms with Gasteiger partial charge in [0.15, 0.2) is 17.3 Å². The zero-order valence-electron chi connectivity index (χ0n) is 10.7. The van der Waals surface area contributed by atoms with E-state index in [1.165, 1.54) is 0 Å². The maximum Gasteiger partial charge on any atom is 0.164 e. The number of para-hydroxylation sites is 2. The molecule has 0 atom stereocenters. The molecule has 2 rings (SSSR count). The molecule has 0 amide bonds. The summed E-state index contributed by atoms with van der Waals surface area (Å²) >= 11 is 5.82. The van der Waals surface area contributed by atoms with Gasteiger partial charge >= 0.3 is 0 Å². The molecule has 0 bridgehead atoms. The van der Waals surface area contributed by atoms with Crippen molar-refractivity contribution in [1.29, 1.82) is 0 Å². The second-order valence-electron chi connectivity index (χ2n) is 3.85. The van der Waals surface area contributed by atoms with Gasteiger partial charge in [-0.1, -0.05) is 23.7 Å². The first kappa shape index (κ1) is 13.5. The average Bonchev–Trinajstić information content (AvgIpc) is 2.71. The molecule has 2 N–H and O–H groups in total. The van der Waals surface area contributed by atoms with E-state index >= 15 is 0 Å². The number of hydrogen-bond acceptors (Lipinski definition) is 4. The SMILES string of the molecule is CCOc1ccccc1OCCn1cc(Cl)c(N)n1. The number of nitrogen functional groups attached to an aromatic ring is 1. The first-order chi connectivity index (χ1) is 9.20. The van der Waals surface area contributed by atoms with Crippen LogP contribution in [0.5, 0.6) is 11.5 Å². The van der Waals surface area contributed by atoms with Crippen molar-refractivity contribution in [2.75, 3.05) is 18.9 Å². The molecule has 1 heterocycles. The topological polar surface area (TPSA) is 62.3 Å². The van der Waals surface area contributed by atoms with Gasteiger partial charge in [-0.05, 0) is 19.1 Å². The van der Waals surface area contributed by atoms with Crippen molar-refractivity contribution >= 4 is 17.4 Å². The monoisotopic (exact) mass is 281 g/mol. The standard InChI is InChI=1S/C13H16ClN3O2/c1-2-18-11-5-3-4-6-12(11)19-8-7-17-9-10(14)13(15)16-17/h3-6,9H,2,7-8H2,1H3,(H2,15,16). The molecule has 0 aliphatic heterocycles. The van der Waals surface area contributed by atoms with E-state index in [1.807, 2.05) is 31.2 Å². The Morgan fingerprint density at radius 2 is 1.95 bits per heavy atom. The number of benzene rings is 1. The fraction of sp³-hybridized carbons (Fsp3) is 0.308. The van der Waals surface area contributed by atoms with Crippen LogP contribution in [0.4, 0.5) is 5.82 Å². The van der Waals surface area contributed by atoms with Crippen LogP contribution >= 0.6 is 11.6 Å². The van der Waals surface area contributed by atoms with Crippen LogP contribution in [0.2, 0.25) is 5.02 Å². The van der Waals surface area contributed by atoms with Crippen molar-refractivity contribution in [2.24, 2.45) is 0 Å². The molecule has 0 saturated heterocycles. The molecule has 2 aromatic rings. The quantitative estimate of drug-likeness (QED) is 0.884. The zero-order valence-corrected chi connectivity index (χ0v) is 11.4. The molecule has 0 spiro atoms. The summed E-state index contributed by atoms with van der Waals surface area (Å²) in [5.41, 5.74) is 5.56. The van der Waals surface area contributed by atoms with Crippen LogP contribution < -0.4 is 15.2 Å². The van der Waals surface area contributed by atoms with Gasteiger partial charge in [0.2, 0.25) is 0 Å². The minimum atomic E-state index is 0.330. The van der Waals surface area contributed by atoms with Gasteiger partial charge in [-0.25, -0.2) is 0 Å². The molecule has 102 valence electrons. The Morgan fingerprint density at radius 1 is 1.26 bits per heavy atom. The highest BCUT2D eigenvalue weighted by atomic mass is 35.5. The molecule has 6 heteroatoms. The molecule has 0 radical (unpaired) electrons. The number of aromatic nitrogens is 2. The van der Waals surface area contributed by atoms with Gasteiger partial charge in [-0.15, -0.1) is 0 Å². The van der Waals surface area contributed by atoms with E-state index in [0.717, 1.165) is 11.5 Å². The van der Waals surface area contributed by atoms with E-state index in [2.05, 4.69) is 5.10 Å². The van der Waals surface area contributed by atoms with Crippen LogP contribution in [0.25, 0.3) is 0 Å². The molecule has 0 aliphatic rings. The van der Waals surface area contributed by atoms with Gasteiger partial charge in [-0.2, -0.15) is 5.10 Å². The second kappa shape index (κ2) is 6.33. The number of rotatable bonds is 6. The van der Waals surface area contributed by atoms with E-state index in [1.54, 1.807) is 10.9 Å². The van der Waals surface area contributed by atoms with Crippen molar-refractivity contribution < 1.29 is 9.47 Å². The Kier molecular flexibility index (Phi) is 4.52. The molecule has 1 aromatic carbocycles. The number of nitrogens with zero attached hydrogens (tertiary/aromatic N) is 2. The van der Waals surface area contributed by atoms with E-state index in [0.29, 0.717) is 30.6 Å². The summed E-state index contributed by atoms with van der Waals surface area (Å²) in [5.74, 6) is 1.79. The van der Waals surface area contributed by atoms with Gasteiger partial charge in [-0.3, -0.25) is 4.68 Å². The molecule has 0 unspecified atom stereocenters. The average molecular weight is 282 g/mol. The van der Waals surface area contributed by atoms with Crippen LogP contribution in [-0.4, -0.2) is 23.0 Å². The Hall–Kier alpha value is -1.88. The number of hydrogen-bond donors (Lipinski definition) is 1. The minimum Gasteiger partial charge on any atom is -0.490 e. The smallest absolute Gasteiger partial charge is 0.164 e. The molecule has 0 saturated carbocycles. The van der Waals surface area contributed by atoms with Crippen molar-refractivity contribution in [2.45, 2.75) is 13.5 Å². The highest BCUT2D eigenvalue weighted by Gasteiger charge is 2.05. The lowest BCUT2D eigenvalue weighted by atomic mass is 10.3. The van der Waals surface area contributed by atoms with E-state index < -0.39 is 0 Å². The Morgan fingerprint density at radius 3 is 2.53 bits per heavy atom. The molecule has 1 aromatic heterocycles. The fourth-order valence-corrected chi connectivity index (χ4v) is 1.77. The predicted octanol–water partition coefficient (Wildman–Crippen LogP) is 2.60. The van der Waals surface area contributed by atoms with Crippen LogP contribution in [-0.2, 0) is 6.54 Å². The van der Waals surface area contributed by atoms with Crippen LogP contribution in [0.15, 0.2) is 30.5 Å². The third kappa shape index (κ3) is 3.54. The lowest BCUT2D eigenvalue weighted by Crippen LogP contribution is -2.09. The Bertz CT molecular complexity index is 523. The first-order valence-electron chi connectivity index (χ1n) is 6.03. The van der Waals surface area contributed by atoms with Crippen molar-refractivity contribution in [3.63, 3.8) is 0 Å². The highest BCUT2D eigenvalue weighted by Crippen LogP contribution is 2.26. The van der Waals surface area contributed by atoms with Crippen LogP contribution in [0.3, 0.4) is 0 Å². The summed E-state index contributed by atoms with van der Waals surface area (Å²) in [5, 5.41) is 4.50. The normalized spacial score (nSPS) is 10.4. The van der Waals surface area contributed by atoms with E-state index in [-0.39, 0.29) is 0 Å². The van der Waals surface area contributed by atoms with Gasteiger partial charge in [0.25, 0.3) is 0 Å². The summed E-state index contributed by atoms with van der Waals surface area (Å²) < 4.78 is 12.8. The predicted molar refractivity (Wildman–Crippen MR) is 74.8 cm³/mol. The van der Waals surface area contributed by atoms with E-state index in [9.17, 15) is 0 Å². The van der Waals surface area contributed by atoms with Crippen molar-refractivity contribution in [3.05, 3.63) is 35.5 Å². The summed E-state index contributed by atoms with van der Waals surface area (Å²) in [7, 11) is 0. The van der Waals surface area contributed by atoms with Gasteiger partial charge in [0.1, 0.15) is 11.6 Å². The maximum atomic E-state index is 5.82. The highest BCUT2D eigenvalue weighted by molar-refractivity contribution is 6.32. The third-order valence-corrected chi connectivity index (χ3v) is 2.76. The maximum absolute atomic E-state index is 5.82. The molecular formula is C13H16ClN3O2. The lowest BCUT2D eigenvalue weighted by molar-refractivity contribution is 0.262. The van der Waals surface area contributed by atoms with Crippen LogP contribution in [0, 0.1) is 0 Å². The van der Waals surface area contributed by atoms with Crippen LogP contribution in [0.1, 0.15) is 6.92 Å². The minimum absolute atomic E-state index is 0.330. The molecule has 0 fully saturated rings. The largest absolute Gasteiger partial charge is 0.490 e. The number of halogens is 1. The van der Waals surface area contributed by atoms with E-state index in [4.69, 9.17) is 26.8 Å². The van der Waals surface area contributed by atoms with Gasteiger partial charge in [0.05, 0.1) is 13.2 Å². The van der Waals surface area contributed by atoms with Crippen molar-refractivity contribution in [3.8, 4) is 11.5 Å². The Labute approximate surface area is 116 Å². The Balaban J connectivity index is 1.92. The number of anilines is 1. The van der Waals surface area contributed by atoms with Gasteiger partial charge < -0.3 is 15.2 Å². The first-order valence-corrected chi connectivity index (χ1v) is 6.41. The van der Waals surface area contributed by atoms with Gasteiger partial charge in [0, 0.05) is 6.20 Å². The number of ether oxygens (including phenoxy) is 2. The lowest BCUT2D eigenvalue weighted by Gasteiger charge is -2.11. The summed E-state index contributed by atoms with van der Waals surface area (Å²) in [4.78, 5) is 0.